The predicted molar refractivity (Wildman–Crippen MR) is 89.2 cm³/mol. The van der Waals surface area contributed by atoms with E-state index in [1.807, 2.05) is 0 Å². The fraction of sp³-hybridized carbons (Fsp3) is 0.500. The second-order valence-corrected chi connectivity index (χ2v) is 8.68. The van der Waals surface area contributed by atoms with Crippen LogP contribution in [0, 0.1) is 0 Å². The van der Waals surface area contributed by atoms with E-state index in [1.54, 1.807) is 8.87 Å². The van der Waals surface area contributed by atoms with Gasteiger partial charge in [-0.3, -0.25) is 0 Å². The second-order valence-electron chi connectivity index (χ2n) is 4.40. The number of aliphatic carboxylic acids is 4. The molecular formula is C16H22CaO8Sn. The van der Waals surface area contributed by atoms with Crippen molar-refractivity contribution in [3.05, 3.63) is 24.3 Å². The molecule has 0 rings (SSSR count). The number of hydrogen-bond acceptors (Lipinski definition) is 8. The first-order valence-corrected chi connectivity index (χ1v) is 11.6. The van der Waals surface area contributed by atoms with Crippen molar-refractivity contribution in [2.75, 3.05) is 0 Å². The van der Waals surface area contributed by atoms with Gasteiger partial charge < -0.3 is 39.6 Å². The summed E-state index contributed by atoms with van der Waals surface area (Å²) in [6, 6.07) is 0. The third kappa shape index (κ3) is 49.5. The minimum Gasteiger partial charge on any atom is -0.545 e. The summed E-state index contributed by atoms with van der Waals surface area (Å²) >= 11 is 0.149. The van der Waals surface area contributed by atoms with Gasteiger partial charge in [0.2, 0.25) is 0 Å². The van der Waals surface area contributed by atoms with Gasteiger partial charge in [-0.15, -0.1) is 0 Å². The maximum Gasteiger partial charge on any atom is 2.00 e. The van der Waals surface area contributed by atoms with Crippen LogP contribution in [0.2, 0.25) is 8.87 Å². The number of unbranched alkanes of at least 4 members (excludes halogenated alkanes) is 2. The zero-order valence-corrected chi connectivity index (χ0v) is 20.1. The van der Waals surface area contributed by atoms with E-state index < -0.39 is 23.9 Å². The van der Waals surface area contributed by atoms with E-state index in [0.29, 0.717) is 24.3 Å². The number of carboxylic acid groups (broad SMARTS) is 4. The summed E-state index contributed by atoms with van der Waals surface area (Å²) < 4.78 is 3.25. The maximum atomic E-state index is 9.41. The summed E-state index contributed by atoms with van der Waals surface area (Å²) in [7, 11) is 0. The first-order chi connectivity index (χ1) is 11.7. The molecule has 10 heteroatoms. The van der Waals surface area contributed by atoms with Gasteiger partial charge >= 0.3 is 107 Å². The molecule has 0 aromatic carbocycles. The Morgan fingerprint density at radius 3 is 1.04 bits per heavy atom. The number of rotatable bonds is 10. The monoisotopic (exact) mass is 502 g/mol. The van der Waals surface area contributed by atoms with Crippen LogP contribution in [0.15, 0.2) is 24.3 Å². The molecule has 0 N–H and O–H groups in total. The molecular weight excluding hydrogens is 479 g/mol. The molecule has 0 unspecified atom stereocenters. The molecule has 0 saturated heterocycles. The number of carboxylic acids is 4. The molecule has 8 nitrogen and oxygen atoms in total. The van der Waals surface area contributed by atoms with E-state index in [-0.39, 0.29) is 58.9 Å². The van der Waals surface area contributed by atoms with Crippen molar-refractivity contribution in [1.29, 1.82) is 0 Å². The van der Waals surface area contributed by atoms with Gasteiger partial charge in [0.05, 0.1) is 23.9 Å². The number of carbonyl (C=O) groups excluding carboxylic acids is 4. The summed E-state index contributed by atoms with van der Waals surface area (Å²) in [5.74, 6) is -6.19. The van der Waals surface area contributed by atoms with Gasteiger partial charge in [-0.2, -0.15) is 0 Å². The average molecular weight is 501 g/mol. The minimum atomic E-state index is -1.55. The molecule has 0 atom stereocenters. The van der Waals surface area contributed by atoms with Crippen molar-refractivity contribution in [3.8, 4) is 0 Å². The summed E-state index contributed by atoms with van der Waals surface area (Å²) in [4.78, 5) is 37.7. The van der Waals surface area contributed by atoms with Gasteiger partial charge in [-0.05, 0) is 24.3 Å². The summed E-state index contributed by atoms with van der Waals surface area (Å²) in [6.45, 7) is 4.58. The fourth-order valence-corrected chi connectivity index (χ4v) is 5.16. The van der Waals surface area contributed by atoms with Crippen molar-refractivity contribution in [2.45, 2.75) is 48.4 Å². The quantitative estimate of drug-likeness (QED) is 0.172. The SMILES string of the molecule is CCC[CH2][Sn+2][CH2]CCC.O=C([O-])/C=C\C(=O)[O-].O=C([O-])/C=C\C(=O)[O-].[Ca+2]. The van der Waals surface area contributed by atoms with Crippen molar-refractivity contribution in [2.24, 2.45) is 0 Å². The van der Waals surface area contributed by atoms with Crippen LogP contribution in [0.25, 0.3) is 0 Å². The Morgan fingerprint density at radius 1 is 0.654 bits per heavy atom. The van der Waals surface area contributed by atoms with Crippen LogP contribution in [0.3, 0.4) is 0 Å². The molecule has 0 radical (unpaired) electrons. The Kier molecular flexibility index (Phi) is 33.9. The van der Waals surface area contributed by atoms with Crippen LogP contribution >= 0.6 is 0 Å². The van der Waals surface area contributed by atoms with Gasteiger partial charge in [-0.1, -0.05) is 0 Å². The van der Waals surface area contributed by atoms with Crippen molar-refractivity contribution in [1.82, 2.24) is 0 Å². The smallest absolute Gasteiger partial charge is 0.545 e. The first kappa shape index (κ1) is 33.0. The molecule has 0 aliphatic heterocycles. The molecule has 0 spiro atoms. The summed E-state index contributed by atoms with van der Waals surface area (Å²) in [6.07, 6.45) is 7.38. The van der Waals surface area contributed by atoms with E-state index in [1.165, 1.54) is 25.7 Å². The predicted octanol–water partition coefficient (Wildman–Crippen LogP) is -3.17. The van der Waals surface area contributed by atoms with E-state index in [2.05, 4.69) is 13.8 Å². The molecule has 26 heavy (non-hydrogen) atoms. The van der Waals surface area contributed by atoms with Crippen LogP contribution < -0.4 is 20.4 Å². The van der Waals surface area contributed by atoms with Gasteiger partial charge in [-0.25, -0.2) is 0 Å². The van der Waals surface area contributed by atoms with Crippen molar-refractivity contribution < 1.29 is 39.6 Å². The standard InChI is InChI=1S/2C4H4O4.2C4H9.Ca.Sn/c2*5-3(6)1-2-4(7)8;2*1-3-4-2;;/h2*1-2H,(H,5,6)(H,7,8);2*1,3-4H2,2H3;;/q;;;;2*+2/p-4/b2*2-1-;;;;. The van der Waals surface area contributed by atoms with Gasteiger partial charge in [0.1, 0.15) is 0 Å². The topological polar surface area (TPSA) is 161 Å². The fourth-order valence-electron chi connectivity index (χ4n) is 1.00. The Hall–Kier alpha value is -0.582. The molecule has 0 aliphatic carbocycles. The molecule has 0 aromatic rings. The normalized spacial score (nSPS) is 9.00. The van der Waals surface area contributed by atoms with Gasteiger partial charge in [0.15, 0.2) is 0 Å². The molecule has 0 fully saturated rings. The molecule has 140 valence electrons. The maximum absolute atomic E-state index is 9.41. The van der Waals surface area contributed by atoms with Crippen LogP contribution in [0.4, 0.5) is 0 Å². The minimum absolute atomic E-state index is 0. The summed E-state index contributed by atoms with van der Waals surface area (Å²) in [5.41, 5.74) is 0. The number of carbonyl (C=O) groups is 4. The van der Waals surface area contributed by atoms with Crippen molar-refractivity contribution in [3.63, 3.8) is 0 Å². The Bertz CT molecular complexity index is 378. The summed E-state index contributed by atoms with van der Waals surface area (Å²) in [5, 5.41) is 37.7. The Balaban J connectivity index is -0.000000137. The van der Waals surface area contributed by atoms with E-state index in [4.69, 9.17) is 0 Å². The number of hydrogen-bond donors (Lipinski definition) is 0. The third-order valence-corrected chi connectivity index (χ3v) is 6.16. The zero-order chi connectivity index (χ0) is 20.1. The Morgan fingerprint density at radius 2 is 0.885 bits per heavy atom. The van der Waals surface area contributed by atoms with E-state index in [0.717, 1.165) is 0 Å². The molecule has 0 aliphatic rings. The largest absolute Gasteiger partial charge is 2.00 e. The second kappa shape index (κ2) is 26.6. The van der Waals surface area contributed by atoms with Gasteiger partial charge in [0, 0.05) is 0 Å². The van der Waals surface area contributed by atoms with Crippen LogP contribution in [-0.2, 0) is 19.2 Å². The first-order valence-electron chi connectivity index (χ1n) is 7.58. The van der Waals surface area contributed by atoms with Gasteiger partial charge in [0.25, 0.3) is 0 Å². The molecule has 0 bridgehead atoms. The average Bonchev–Trinajstić information content (AvgIpc) is 2.52. The molecule has 0 saturated carbocycles. The van der Waals surface area contributed by atoms with E-state index in [9.17, 15) is 39.6 Å². The van der Waals surface area contributed by atoms with Crippen molar-refractivity contribution >= 4 is 82.8 Å². The molecule has 0 amide bonds. The molecule has 0 heterocycles. The van der Waals surface area contributed by atoms with Crippen LogP contribution in [0.1, 0.15) is 39.5 Å². The van der Waals surface area contributed by atoms with Crippen LogP contribution in [0.5, 0.6) is 0 Å². The Labute approximate surface area is 193 Å². The van der Waals surface area contributed by atoms with Crippen LogP contribution in [-0.4, -0.2) is 82.8 Å². The van der Waals surface area contributed by atoms with E-state index >= 15 is 0 Å². The molecule has 0 aromatic heterocycles. The zero-order valence-electron chi connectivity index (χ0n) is 15.0. The third-order valence-electron chi connectivity index (χ3n) is 2.13.